The number of alkyl halides is 1. The molecule has 1 aliphatic carbocycles. The topological polar surface area (TPSA) is 68.0 Å². The molecule has 0 bridgehead atoms. The van der Waals surface area contributed by atoms with E-state index < -0.39 is 0 Å². The second-order valence-electron chi connectivity index (χ2n) is 3.78. The van der Waals surface area contributed by atoms with E-state index in [0.29, 0.717) is 11.5 Å². The Bertz CT molecular complexity index is 491. The van der Waals surface area contributed by atoms with E-state index in [1.54, 1.807) is 0 Å². The Morgan fingerprint density at radius 2 is 2.33 bits per heavy atom. The fourth-order valence-electron chi connectivity index (χ4n) is 1.43. The van der Waals surface area contributed by atoms with E-state index >= 15 is 0 Å². The lowest BCUT2D eigenvalue weighted by Gasteiger charge is -2.13. The van der Waals surface area contributed by atoms with Crippen molar-refractivity contribution in [2.75, 3.05) is 11.2 Å². The van der Waals surface area contributed by atoms with Gasteiger partial charge in [-0.1, -0.05) is 0 Å². The zero-order valence-corrected chi connectivity index (χ0v) is 8.65. The molecule has 7 heteroatoms. The van der Waals surface area contributed by atoms with Crippen LogP contribution in [0.25, 0.3) is 5.65 Å². The minimum Gasteiger partial charge on any atom is -0.362 e. The van der Waals surface area contributed by atoms with Gasteiger partial charge < -0.3 is 5.32 Å². The molecule has 6 nitrogen and oxygen atoms in total. The molecule has 0 aromatic carbocycles. The van der Waals surface area contributed by atoms with Gasteiger partial charge in [-0.3, -0.25) is 0 Å². The molecule has 2 aromatic rings. The molecule has 2 heterocycles. The van der Waals surface area contributed by atoms with E-state index in [0.717, 1.165) is 18.7 Å². The largest absolute Gasteiger partial charge is 0.362 e. The number of fused-ring (bicyclic) bond motifs is 1. The maximum Gasteiger partial charge on any atom is 0.200 e. The van der Waals surface area contributed by atoms with Gasteiger partial charge in [0.05, 0.1) is 5.54 Å². The van der Waals surface area contributed by atoms with Gasteiger partial charge in [0.2, 0.25) is 0 Å². The van der Waals surface area contributed by atoms with Crippen LogP contribution in [0.5, 0.6) is 0 Å². The van der Waals surface area contributed by atoms with Crippen molar-refractivity contribution >= 4 is 23.1 Å². The summed E-state index contributed by atoms with van der Waals surface area (Å²) in [7, 11) is 0. The number of tetrazole rings is 1. The molecule has 3 rings (SSSR count). The van der Waals surface area contributed by atoms with E-state index in [-0.39, 0.29) is 5.54 Å². The predicted octanol–water partition coefficient (Wildman–Crippen LogP) is 0.703. The van der Waals surface area contributed by atoms with Gasteiger partial charge in [0.1, 0.15) is 5.82 Å². The van der Waals surface area contributed by atoms with Crippen molar-refractivity contribution in [3.63, 3.8) is 0 Å². The summed E-state index contributed by atoms with van der Waals surface area (Å²) in [4.78, 5) is 0. The molecule has 0 atom stereocenters. The normalized spacial score (nSPS) is 17.9. The minimum atomic E-state index is 0.0379. The van der Waals surface area contributed by atoms with Crippen LogP contribution in [0, 0.1) is 0 Å². The van der Waals surface area contributed by atoms with Gasteiger partial charge in [0.15, 0.2) is 5.65 Å². The molecule has 2 aromatic heterocycles. The second-order valence-corrected chi connectivity index (χ2v) is 4.05. The number of nitrogens with one attached hydrogen (secondary N) is 1. The molecule has 0 aliphatic heterocycles. The van der Waals surface area contributed by atoms with E-state index in [9.17, 15) is 0 Å². The summed E-state index contributed by atoms with van der Waals surface area (Å²) < 4.78 is 1.40. The van der Waals surface area contributed by atoms with Crippen molar-refractivity contribution in [1.29, 1.82) is 0 Å². The molecule has 1 saturated carbocycles. The predicted molar refractivity (Wildman–Crippen MR) is 54.9 cm³/mol. The first-order chi connectivity index (χ1) is 7.31. The fraction of sp³-hybridized carbons (Fsp3) is 0.500. The molecular formula is C8H9ClN6. The van der Waals surface area contributed by atoms with Crippen LogP contribution in [0.1, 0.15) is 12.8 Å². The third kappa shape index (κ3) is 1.50. The van der Waals surface area contributed by atoms with Crippen LogP contribution >= 0.6 is 11.6 Å². The molecular weight excluding hydrogens is 216 g/mol. The van der Waals surface area contributed by atoms with Crippen molar-refractivity contribution in [2.45, 2.75) is 18.4 Å². The van der Waals surface area contributed by atoms with Gasteiger partial charge in [0, 0.05) is 5.88 Å². The zero-order chi connectivity index (χ0) is 10.3. The molecule has 0 radical (unpaired) electrons. The van der Waals surface area contributed by atoms with E-state index in [1.165, 1.54) is 4.63 Å². The molecule has 1 fully saturated rings. The Labute approximate surface area is 90.6 Å². The van der Waals surface area contributed by atoms with Crippen LogP contribution in [0.3, 0.4) is 0 Å². The first kappa shape index (κ1) is 8.84. The summed E-state index contributed by atoms with van der Waals surface area (Å²) in [5, 5.41) is 18.5. The summed E-state index contributed by atoms with van der Waals surface area (Å²) in [6.07, 6.45) is 2.18. The number of hydrogen-bond acceptors (Lipinski definition) is 5. The van der Waals surface area contributed by atoms with Crippen LogP contribution in [0.15, 0.2) is 12.1 Å². The number of rotatable bonds is 3. The van der Waals surface area contributed by atoms with E-state index in [1.807, 2.05) is 12.1 Å². The van der Waals surface area contributed by atoms with Gasteiger partial charge >= 0.3 is 0 Å². The number of anilines is 1. The Kier molecular flexibility index (Phi) is 1.79. The van der Waals surface area contributed by atoms with Crippen molar-refractivity contribution in [3.8, 4) is 0 Å². The first-order valence-electron chi connectivity index (χ1n) is 4.71. The first-order valence-corrected chi connectivity index (χ1v) is 5.24. The van der Waals surface area contributed by atoms with Crippen LogP contribution in [-0.4, -0.2) is 36.7 Å². The van der Waals surface area contributed by atoms with Crippen molar-refractivity contribution in [3.05, 3.63) is 12.1 Å². The number of hydrogen-bond donors (Lipinski definition) is 1. The highest BCUT2D eigenvalue weighted by atomic mass is 35.5. The molecule has 0 saturated heterocycles. The highest BCUT2D eigenvalue weighted by Crippen LogP contribution is 2.39. The van der Waals surface area contributed by atoms with Crippen LogP contribution in [0.2, 0.25) is 0 Å². The average Bonchev–Trinajstić information content (AvgIpc) is 2.88. The Hall–Kier alpha value is -1.43. The highest BCUT2D eigenvalue weighted by Gasteiger charge is 2.42. The third-order valence-electron chi connectivity index (χ3n) is 2.57. The lowest BCUT2D eigenvalue weighted by molar-refractivity contribution is 0.724. The van der Waals surface area contributed by atoms with Crippen molar-refractivity contribution in [2.24, 2.45) is 0 Å². The molecule has 15 heavy (non-hydrogen) atoms. The molecule has 1 N–H and O–H groups in total. The van der Waals surface area contributed by atoms with Gasteiger partial charge in [-0.2, -0.15) is 0 Å². The zero-order valence-electron chi connectivity index (χ0n) is 7.89. The summed E-state index contributed by atoms with van der Waals surface area (Å²) >= 11 is 5.87. The van der Waals surface area contributed by atoms with E-state index in [4.69, 9.17) is 11.6 Å². The Morgan fingerprint density at radius 3 is 3.07 bits per heavy atom. The van der Waals surface area contributed by atoms with Gasteiger partial charge in [-0.25, -0.2) is 0 Å². The summed E-state index contributed by atoms with van der Waals surface area (Å²) in [5.41, 5.74) is 0.673. The lowest BCUT2D eigenvalue weighted by atomic mass is 10.3. The van der Waals surface area contributed by atoms with Crippen LogP contribution in [-0.2, 0) is 0 Å². The Balaban J connectivity index is 1.91. The van der Waals surface area contributed by atoms with Crippen molar-refractivity contribution < 1.29 is 0 Å². The number of aromatic nitrogens is 5. The molecule has 0 amide bonds. The van der Waals surface area contributed by atoms with E-state index in [2.05, 4.69) is 25.9 Å². The SMILES string of the molecule is ClCC1(Nc2ccc3nnnn3n2)CC1. The maximum absolute atomic E-state index is 5.87. The highest BCUT2D eigenvalue weighted by molar-refractivity contribution is 6.19. The monoisotopic (exact) mass is 224 g/mol. The summed E-state index contributed by atoms with van der Waals surface area (Å²) in [5.74, 6) is 1.36. The van der Waals surface area contributed by atoms with Gasteiger partial charge in [-0.15, -0.1) is 26.4 Å². The second kappa shape index (κ2) is 3.03. The summed E-state index contributed by atoms with van der Waals surface area (Å²) in [6.45, 7) is 0. The van der Waals surface area contributed by atoms with Crippen molar-refractivity contribution in [1.82, 2.24) is 25.3 Å². The molecule has 1 aliphatic rings. The molecule has 0 unspecified atom stereocenters. The minimum absolute atomic E-state index is 0.0379. The molecule has 0 spiro atoms. The summed E-state index contributed by atoms with van der Waals surface area (Å²) in [6, 6.07) is 3.68. The van der Waals surface area contributed by atoms with Crippen LogP contribution in [0.4, 0.5) is 5.82 Å². The average molecular weight is 225 g/mol. The quantitative estimate of drug-likeness (QED) is 0.778. The standard InChI is InChI=1S/C8H9ClN6/c9-5-8(3-4-8)10-6-1-2-7-11-13-14-15(7)12-6/h1-2H,3-5H2,(H,10,12). The van der Waals surface area contributed by atoms with Gasteiger partial charge in [-0.05, 0) is 35.4 Å². The smallest absolute Gasteiger partial charge is 0.200 e. The maximum atomic E-state index is 5.87. The molecule has 78 valence electrons. The van der Waals surface area contributed by atoms with Gasteiger partial charge in [0.25, 0.3) is 0 Å². The lowest BCUT2D eigenvalue weighted by Crippen LogP contribution is -2.24. The number of halogens is 1. The van der Waals surface area contributed by atoms with Crippen LogP contribution < -0.4 is 5.32 Å². The fourth-order valence-corrected chi connectivity index (χ4v) is 1.76. The third-order valence-corrected chi connectivity index (χ3v) is 3.08. The Morgan fingerprint density at radius 1 is 1.47 bits per heavy atom. The number of nitrogens with zero attached hydrogens (tertiary/aromatic N) is 5.